The zero-order chi connectivity index (χ0) is 26.5. The Morgan fingerprint density at radius 3 is 2.87 bits per heavy atom. The topological polar surface area (TPSA) is 83.9 Å². The van der Waals surface area contributed by atoms with Gasteiger partial charge in [0.2, 0.25) is 0 Å². The highest BCUT2D eigenvalue weighted by Gasteiger charge is 2.41. The number of rotatable bonds is 13. The number of carboxylic acid groups (broad SMARTS) is 1. The number of fused-ring (bicyclic) bond motifs is 1. The molecule has 38 heavy (non-hydrogen) atoms. The van der Waals surface area contributed by atoms with Gasteiger partial charge in [0.05, 0.1) is 7.11 Å². The first-order valence-corrected chi connectivity index (χ1v) is 14.1. The van der Waals surface area contributed by atoms with Crippen molar-refractivity contribution in [2.24, 2.45) is 5.92 Å². The number of halogens is 1. The molecule has 8 heteroatoms. The predicted molar refractivity (Wildman–Crippen MR) is 145 cm³/mol. The molecular weight excluding hydrogens is 485 g/mol. The third-order valence-electron chi connectivity index (χ3n) is 8.00. The fourth-order valence-electron chi connectivity index (χ4n) is 5.72. The van der Waals surface area contributed by atoms with Gasteiger partial charge < -0.3 is 19.9 Å². The number of benzene rings is 1. The number of unbranched alkanes of at least 4 members (excludes halogenated alkanes) is 2. The largest absolute Gasteiger partial charge is 0.496 e. The number of aromatic nitrogens is 1. The van der Waals surface area contributed by atoms with Gasteiger partial charge in [0, 0.05) is 37.5 Å². The summed E-state index contributed by atoms with van der Waals surface area (Å²) in [5.74, 6) is 1.25. The molecule has 1 aromatic carbocycles. The van der Waals surface area contributed by atoms with Crippen molar-refractivity contribution in [3.63, 3.8) is 0 Å². The molecule has 3 atom stereocenters. The standard InChI is InChI=1S/C30H40FN3O4/c1-37-26-13-10-21(16-20-8-9-20)17-24(26)28(30(35)36)34-18-25(31)27(19-34)38-15-4-2-3-7-23-12-11-22-6-5-14-32-29(22)33-23/h10-13,17,20,25,27-28H,2-9,14-16,18-19H2,1H3,(H,32,33)(H,35,36). The highest BCUT2D eigenvalue weighted by Crippen LogP contribution is 2.37. The predicted octanol–water partition coefficient (Wildman–Crippen LogP) is 4.98. The number of hydrogen-bond acceptors (Lipinski definition) is 6. The normalized spacial score (nSPS) is 22.1. The minimum Gasteiger partial charge on any atom is -0.496 e. The van der Waals surface area contributed by atoms with Crippen LogP contribution in [-0.4, -0.2) is 66.6 Å². The Bertz CT molecular complexity index is 1110. The number of methoxy groups -OCH3 is 1. The molecule has 2 aliphatic heterocycles. The van der Waals surface area contributed by atoms with E-state index in [2.05, 4.69) is 17.4 Å². The number of pyridine rings is 1. The van der Waals surface area contributed by atoms with Crippen molar-refractivity contribution in [1.29, 1.82) is 0 Å². The maximum absolute atomic E-state index is 14.9. The van der Waals surface area contributed by atoms with Crippen LogP contribution in [0.25, 0.3) is 0 Å². The number of aliphatic carboxylic acids is 1. The van der Waals surface area contributed by atoms with E-state index in [4.69, 9.17) is 14.5 Å². The summed E-state index contributed by atoms with van der Waals surface area (Å²) in [7, 11) is 1.55. The molecule has 2 N–H and O–H groups in total. The molecule has 2 fully saturated rings. The van der Waals surface area contributed by atoms with Crippen LogP contribution in [0, 0.1) is 5.92 Å². The molecule has 1 saturated carbocycles. The van der Waals surface area contributed by atoms with Gasteiger partial charge in [-0.1, -0.05) is 18.6 Å². The van der Waals surface area contributed by atoms with E-state index in [1.165, 1.54) is 18.4 Å². The van der Waals surface area contributed by atoms with Crippen molar-refractivity contribution < 1.29 is 23.8 Å². The van der Waals surface area contributed by atoms with Gasteiger partial charge in [0.15, 0.2) is 0 Å². The van der Waals surface area contributed by atoms with Crippen molar-refractivity contribution in [2.75, 3.05) is 38.7 Å². The zero-order valence-corrected chi connectivity index (χ0v) is 22.3. The van der Waals surface area contributed by atoms with Crippen molar-refractivity contribution >= 4 is 11.8 Å². The summed E-state index contributed by atoms with van der Waals surface area (Å²) < 4.78 is 26.4. The molecule has 1 saturated heterocycles. The Balaban J connectivity index is 1.10. The second-order valence-electron chi connectivity index (χ2n) is 11.0. The molecule has 1 aliphatic carbocycles. The number of carboxylic acids is 1. The van der Waals surface area contributed by atoms with Crippen LogP contribution in [0.1, 0.15) is 67.0 Å². The van der Waals surface area contributed by atoms with Crippen LogP contribution in [0.4, 0.5) is 10.2 Å². The highest BCUT2D eigenvalue weighted by atomic mass is 19.1. The second kappa shape index (κ2) is 12.4. The summed E-state index contributed by atoms with van der Waals surface area (Å²) in [6, 6.07) is 9.13. The number of nitrogens with zero attached hydrogens (tertiary/aromatic N) is 2. The Hall–Kier alpha value is -2.71. The first-order valence-electron chi connectivity index (χ1n) is 14.1. The molecule has 0 radical (unpaired) electrons. The van der Waals surface area contributed by atoms with E-state index in [1.54, 1.807) is 12.0 Å². The molecule has 0 amide bonds. The van der Waals surface area contributed by atoms with E-state index >= 15 is 0 Å². The SMILES string of the molecule is COc1ccc(CC2CC2)cc1C(C(=O)O)N1CC(F)C(OCCCCCc2ccc3c(n2)NCCC3)C1. The fourth-order valence-corrected chi connectivity index (χ4v) is 5.72. The first kappa shape index (κ1) is 26.9. The lowest BCUT2D eigenvalue weighted by atomic mass is 9.99. The summed E-state index contributed by atoms with van der Waals surface area (Å²) in [5, 5.41) is 13.5. The number of anilines is 1. The van der Waals surface area contributed by atoms with Crippen LogP contribution >= 0.6 is 0 Å². The molecule has 3 unspecified atom stereocenters. The van der Waals surface area contributed by atoms with Gasteiger partial charge in [0.25, 0.3) is 0 Å². The van der Waals surface area contributed by atoms with Gasteiger partial charge in [-0.15, -0.1) is 0 Å². The van der Waals surface area contributed by atoms with Crippen LogP contribution in [-0.2, 0) is 28.8 Å². The Labute approximate surface area is 224 Å². The summed E-state index contributed by atoms with van der Waals surface area (Å²) in [6.45, 7) is 1.74. The number of carbonyl (C=O) groups is 1. The minimum absolute atomic E-state index is 0.0374. The average molecular weight is 526 g/mol. The van der Waals surface area contributed by atoms with Crippen molar-refractivity contribution in [3.8, 4) is 5.75 Å². The summed E-state index contributed by atoms with van der Waals surface area (Å²) in [5.41, 5.74) is 4.11. The maximum atomic E-state index is 14.9. The molecule has 7 nitrogen and oxygen atoms in total. The summed E-state index contributed by atoms with van der Waals surface area (Å²) in [4.78, 5) is 18.8. The van der Waals surface area contributed by atoms with Crippen LogP contribution in [0.15, 0.2) is 30.3 Å². The molecular formula is C30H40FN3O4. The number of nitrogens with one attached hydrogen (secondary N) is 1. The molecule has 3 aliphatic rings. The quantitative estimate of drug-likeness (QED) is 0.357. The van der Waals surface area contributed by atoms with E-state index < -0.39 is 24.3 Å². The summed E-state index contributed by atoms with van der Waals surface area (Å²) >= 11 is 0. The van der Waals surface area contributed by atoms with Gasteiger partial charge in [-0.25, -0.2) is 9.37 Å². The molecule has 0 spiro atoms. The Kier molecular flexibility index (Phi) is 8.79. The van der Waals surface area contributed by atoms with Gasteiger partial charge in [0.1, 0.15) is 29.9 Å². The summed E-state index contributed by atoms with van der Waals surface area (Å²) in [6.07, 6.45) is 7.54. The van der Waals surface area contributed by atoms with Gasteiger partial charge in [-0.3, -0.25) is 9.69 Å². The van der Waals surface area contributed by atoms with Crippen LogP contribution < -0.4 is 10.1 Å². The van der Waals surface area contributed by atoms with Crippen LogP contribution in [0.2, 0.25) is 0 Å². The Morgan fingerprint density at radius 2 is 2.08 bits per heavy atom. The third-order valence-corrected chi connectivity index (χ3v) is 8.00. The van der Waals surface area contributed by atoms with E-state index in [1.807, 2.05) is 18.2 Å². The maximum Gasteiger partial charge on any atom is 0.325 e. The lowest BCUT2D eigenvalue weighted by molar-refractivity contribution is -0.143. The van der Waals surface area contributed by atoms with Crippen molar-refractivity contribution in [1.82, 2.24) is 9.88 Å². The number of hydrogen-bond donors (Lipinski definition) is 2. The minimum atomic E-state index is -1.22. The lowest BCUT2D eigenvalue weighted by Gasteiger charge is -2.26. The van der Waals surface area contributed by atoms with E-state index in [0.717, 1.165) is 68.6 Å². The molecule has 0 bridgehead atoms. The molecule has 5 rings (SSSR count). The molecule has 3 heterocycles. The number of aryl methyl sites for hydroxylation is 2. The van der Waals surface area contributed by atoms with Crippen molar-refractivity contribution in [2.45, 2.75) is 76.1 Å². The van der Waals surface area contributed by atoms with Gasteiger partial charge in [-0.05, 0) is 86.6 Å². The van der Waals surface area contributed by atoms with E-state index in [9.17, 15) is 14.3 Å². The monoisotopic (exact) mass is 525 g/mol. The van der Waals surface area contributed by atoms with Gasteiger partial charge >= 0.3 is 5.97 Å². The van der Waals surface area contributed by atoms with Gasteiger partial charge in [-0.2, -0.15) is 0 Å². The molecule has 206 valence electrons. The smallest absolute Gasteiger partial charge is 0.325 e. The molecule has 2 aromatic rings. The highest BCUT2D eigenvalue weighted by molar-refractivity contribution is 5.77. The van der Waals surface area contributed by atoms with Crippen LogP contribution in [0.3, 0.4) is 0 Å². The fraction of sp³-hybridized carbons (Fsp3) is 0.600. The zero-order valence-electron chi connectivity index (χ0n) is 22.3. The van der Waals surface area contributed by atoms with Crippen molar-refractivity contribution in [3.05, 3.63) is 52.7 Å². The average Bonchev–Trinajstić information content (AvgIpc) is 3.66. The van der Waals surface area contributed by atoms with Crippen LogP contribution in [0.5, 0.6) is 5.75 Å². The number of likely N-dealkylation sites (tertiary alicyclic amines) is 1. The Morgan fingerprint density at radius 1 is 1.21 bits per heavy atom. The molecule has 1 aromatic heterocycles. The number of alkyl halides is 1. The van der Waals surface area contributed by atoms with E-state index in [-0.39, 0.29) is 13.1 Å². The second-order valence-corrected chi connectivity index (χ2v) is 11.0. The van der Waals surface area contributed by atoms with E-state index in [0.29, 0.717) is 23.8 Å². The lowest BCUT2D eigenvalue weighted by Crippen LogP contribution is -2.34. The third kappa shape index (κ3) is 6.64. The first-order chi connectivity index (χ1) is 18.5. The number of ether oxygens (including phenoxy) is 2.